The van der Waals surface area contributed by atoms with Gasteiger partial charge in [-0.15, -0.1) is 0 Å². The second-order valence-electron chi connectivity index (χ2n) is 8.89. The molecule has 1 heterocycles. The number of hydrogen-bond acceptors (Lipinski definition) is 5. The number of fused-ring (bicyclic) bond motifs is 1. The van der Waals surface area contributed by atoms with Crippen molar-refractivity contribution in [3.05, 3.63) is 53.6 Å². The van der Waals surface area contributed by atoms with Gasteiger partial charge in [-0.05, 0) is 69.1 Å². The van der Waals surface area contributed by atoms with Gasteiger partial charge in [-0.1, -0.05) is 18.2 Å². The van der Waals surface area contributed by atoms with Crippen LogP contribution in [0, 0.1) is 0 Å². The standard InChI is InChI=1S/C25H31N3O5/c1-28-13-12-25(16-8-9-20(32-2)21(14-16)33-3)11-10-17(15-22(25)28)26-24(31)27-19-7-5-4-6-18(19)23(29)30/h4-9,14,17,22H,10-13,15H2,1-3H3,(H,29,30)(H2,26,27,31). The van der Waals surface area contributed by atoms with Crippen molar-refractivity contribution < 1.29 is 24.2 Å². The molecule has 176 valence electrons. The summed E-state index contributed by atoms with van der Waals surface area (Å²) >= 11 is 0. The van der Waals surface area contributed by atoms with Crippen LogP contribution in [0.2, 0.25) is 0 Å². The first kappa shape index (κ1) is 22.9. The molecule has 4 rings (SSSR count). The number of likely N-dealkylation sites (N-methyl/N-ethyl adjacent to an activating group) is 1. The zero-order valence-corrected chi connectivity index (χ0v) is 19.3. The predicted molar refractivity (Wildman–Crippen MR) is 125 cm³/mol. The Bertz CT molecular complexity index is 1040. The number of ether oxygens (including phenoxy) is 2. The molecule has 1 saturated heterocycles. The maximum atomic E-state index is 12.7. The second kappa shape index (κ2) is 9.31. The van der Waals surface area contributed by atoms with E-state index in [1.807, 2.05) is 6.07 Å². The second-order valence-corrected chi connectivity index (χ2v) is 8.89. The summed E-state index contributed by atoms with van der Waals surface area (Å²) in [7, 11) is 5.43. The maximum Gasteiger partial charge on any atom is 0.337 e. The minimum atomic E-state index is -1.07. The van der Waals surface area contributed by atoms with Gasteiger partial charge in [0.25, 0.3) is 0 Å². The van der Waals surface area contributed by atoms with Gasteiger partial charge in [-0.25, -0.2) is 9.59 Å². The fraction of sp³-hybridized carbons (Fsp3) is 0.440. The van der Waals surface area contributed by atoms with Gasteiger partial charge in [-0.2, -0.15) is 0 Å². The number of nitrogens with one attached hydrogen (secondary N) is 2. The van der Waals surface area contributed by atoms with Gasteiger partial charge < -0.3 is 30.1 Å². The van der Waals surface area contributed by atoms with Crippen LogP contribution in [-0.2, 0) is 5.41 Å². The van der Waals surface area contributed by atoms with Crippen LogP contribution in [-0.4, -0.2) is 61.9 Å². The van der Waals surface area contributed by atoms with Crippen LogP contribution in [0.3, 0.4) is 0 Å². The Morgan fingerprint density at radius 3 is 2.58 bits per heavy atom. The molecule has 33 heavy (non-hydrogen) atoms. The number of amides is 2. The summed E-state index contributed by atoms with van der Waals surface area (Å²) in [5, 5.41) is 15.1. The zero-order valence-electron chi connectivity index (χ0n) is 19.3. The number of rotatable bonds is 6. The van der Waals surface area contributed by atoms with Crippen molar-refractivity contribution in [1.29, 1.82) is 0 Å². The summed E-state index contributed by atoms with van der Waals surface area (Å²) in [5.41, 5.74) is 1.60. The lowest BCUT2D eigenvalue weighted by Gasteiger charge is -2.45. The number of carbonyl (C=O) groups is 2. The minimum Gasteiger partial charge on any atom is -0.493 e. The van der Waals surface area contributed by atoms with Crippen molar-refractivity contribution in [2.75, 3.05) is 33.1 Å². The Labute approximate surface area is 193 Å². The van der Waals surface area contributed by atoms with Crippen LogP contribution >= 0.6 is 0 Å². The summed E-state index contributed by atoms with van der Waals surface area (Å²) in [5.74, 6) is 0.375. The van der Waals surface area contributed by atoms with E-state index in [0.29, 0.717) is 5.75 Å². The van der Waals surface area contributed by atoms with E-state index in [1.54, 1.807) is 32.4 Å². The molecule has 3 N–H and O–H groups in total. The SMILES string of the molecule is COc1ccc(C23CCC(NC(=O)Nc4ccccc4C(=O)O)CC2N(C)CC3)cc1OC. The Kier molecular flexibility index (Phi) is 6.47. The van der Waals surface area contributed by atoms with Gasteiger partial charge in [0.05, 0.1) is 25.5 Å². The number of carboxylic acids is 1. The van der Waals surface area contributed by atoms with Crippen LogP contribution in [0.4, 0.5) is 10.5 Å². The van der Waals surface area contributed by atoms with Gasteiger partial charge >= 0.3 is 12.0 Å². The largest absolute Gasteiger partial charge is 0.493 e. The number of benzene rings is 2. The van der Waals surface area contributed by atoms with E-state index in [0.717, 1.165) is 38.0 Å². The van der Waals surface area contributed by atoms with E-state index in [-0.39, 0.29) is 34.8 Å². The van der Waals surface area contributed by atoms with Gasteiger partial charge in [0.15, 0.2) is 11.5 Å². The number of para-hydroxylation sites is 1. The molecule has 3 unspecified atom stereocenters. The van der Waals surface area contributed by atoms with Gasteiger partial charge in [-0.3, -0.25) is 0 Å². The molecule has 2 fully saturated rings. The molecule has 1 aliphatic heterocycles. The molecule has 0 aromatic heterocycles. The van der Waals surface area contributed by atoms with Crippen LogP contribution in [0.25, 0.3) is 0 Å². The van der Waals surface area contributed by atoms with Crippen molar-refractivity contribution >= 4 is 17.7 Å². The third-order valence-electron chi connectivity index (χ3n) is 7.23. The van der Waals surface area contributed by atoms with Crippen molar-refractivity contribution in [3.63, 3.8) is 0 Å². The number of urea groups is 1. The quantitative estimate of drug-likeness (QED) is 0.617. The van der Waals surface area contributed by atoms with Gasteiger partial charge in [0.2, 0.25) is 0 Å². The molecule has 2 aromatic rings. The predicted octanol–water partition coefficient (Wildman–Crippen LogP) is 3.72. The van der Waals surface area contributed by atoms with E-state index >= 15 is 0 Å². The zero-order chi connectivity index (χ0) is 23.6. The Balaban J connectivity index is 1.49. The molecule has 2 amide bonds. The summed E-state index contributed by atoms with van der Waals surface area (Å²) in [6.07, 6.45) is 3.65. The lowest BCUT2D eigenvalue weighted by atomic mass is 9.65. The van der Waals surface area contributed by atoms with Crippen molar-refractivity contribution in [2.45, 2.75) is 43.2 Å². The molecule has 2 aromatic carbocycles. The summed E-state index contributed by atoms with van der Waals surface area (Å²) in [6.45, 7) is 0.990. The fourth-order valence-electron chi connectivity index (χ4n) is 5.52. The molecule has 8 nitrogen and oxygen atoms in total. The van der Waals surface area contributed by atoms with E-state index in [2.05, 4.69) is 34.7 Å². The number of methoxy groups -OCH3 is 2. The van der Waals surface area contributed by atoms with Crippen LogP contribution < -0.4 is 20.1 Å². The van der Waals surface area contributed by atoms with E-state index in [1.165, 1.54) is 11.6 Å². The van der Waals surface area contributed by atoms with Crippen molar-refractivity contribution in [3.8, 4) is 11.5 Å². The summed E-state index contributed by atoms with van der Waals surface area (Å²) < 4.78 is 11.0. The first-order valence-electron chi connectivity index (χ1n) is 11.2. The number of nitrogens with zero attached hydrogens (tertiary/aromatic N) is 1. The molecule has 0 radical (unpaired) electrons. The van der Waals surface area contributed by atoms with Crippen LogP contribution in [0.5, 0.6) is 11.5 Å². The third kappa shape index (κ3) is 4.35. The Morgan fingerprint density at radius 1 is 1.09 bits per heavy atom. The normalized spacial score (nSPS) is 24.6. The molecule has 1 saturated carbocycles. The average molecular weight is 454 g/mol. The summed E-state index contributed by atoms with van der Waals surface area (Å²) in [4.78, 5) is 26.5. The van der Waals surface area contributed by atoms with Crippen molar-refractivity contribution in [1.82, 2.24) is 10.2 Å². The first-order valence-corrected chi connectivity index (χ1v) is 11.2. The minimum absolute atomic E-state index is 0.000749. The smallest absolute Gasteiger partial charge is 0.337 e. The number of hydrogen-bond donors (Lipinski definition) is 3. The van der Waals surface area contributed by atoms with Gasteiger partial charge in [0, 0.05) is 17.5 Å². The molecular weight excluding hydrogens is 422 g/mol. The molecule has 2 aliphatic rings. The highest BCUT2D eigenvalue weighted by Crippen LogP contribution is 2.49. The Hall–Kier alpha value is -3.26. The highest BCUT2D eigenvalue weighted by atomic mass is 16.5. The molecule has 8 heteroatoms. The fourth-order valence-corrected chi connectivity index (χ4v) is 5.52. The molecule has 0 bridgehead atoms. The Morgan fingerprint density at radius 2 is 1.85 bits per heavy atom. The van der Waals surface area contributed by atoms with E-state index in [9.17, 15) is 14.7 Å². The highest BCUT2D eigenvalue weighted by Gasteiger charge is 2.50. The molecule has 0 spiro atoms. The average Bonchev–Trinajstić information content (AvgIpc) is 3.15. The number of aromatic carboxylic acids is 1. The van der Waals surface area contributed by atoms with Crippen LogP contribution in [0.1, 0.15) is 41.6 Å². The molecule has 3 atom stereocenters. The lowest BCUT2D eigenvalue weighted by Crippen LogP contribution is -2.52. The van der Waals surface area contributed by atoms with Crippen molar-refractivity contribution in [2.24, 2.45) is 0 Å². The first-order chi connectivity index (χ1) is 15.9. The number of anilines is 1. The number of carboxylic acid groups (broad SMARTS) is 1. The third-order valence-corrected chi connectivity index (χ3v) is 7.23. The summed E-state index contributed by atoms with van der Waals surface area (Å²) in [6, 6.07) is 12.5. The molecular formula is C25H31N3O5. The van der Waals surface area contributed by atoms with Gasteiger partial charge in [0.1, 0.15) is 0 Å². The van der Waals surface area contributed by atoms with E-state index in [4.69, 9.17) is 9.47 Å². The monoisotopic (exact) mass is 453 g/mol. The lowest BCUT2D eigenvalue weighted by molar-refractivity contribution is 0.0698. The van der Waals surface area contributed by atoms with Crippen LogP contribution in [0.15, 0.2) is 42.5 Å². The topological polar surface area (TPSA) is 100 Å². The maximum absolute atomic E-state index is 12.7. The highest BCUT2D eigenvalue weighted by molar-refractivity contribution is 6.00. The number of carbonyl (C=O) groups excluding carboxylic acids is 1. The van der Waals surface area contributed by atoms with E-state index < -0.39 is 5.97 Å². The number of likely N-dealkylation sites (tertiary alicyclic amines) is 1. The molecule has 1 aliphatic carbocycles.